The number of H-pyrrole nitrogens is 1. The third-order valence-electron chi connectivity index (χ3n) is 3.43. The van der Waals surface area contributed by atoms with Crippen LogP contribution in [0.15, 0.2) is 34.9 Å². The van der Waals surface area contributed by atoms with E-state index >= 15 is 0 Å². The number of nitrogens with zero attached hydrogens (tertiary/aromatic N) is 5. The highest BCUT2D eigenvalue weighted by Crippen LogP contribution is 2.24. The zero-order valence-electron chi connectivity index (χ0n) is 13.2. The smallest absolute Gasteiger partial charge is 0.226 e. The van der Waals surface area contributed by atoms with Crippen molar-refractivity contribution in [2.24, 2.45) is 0 Å². The van der Waals surface area contributed by atoms with Gasteiger partial charge in [-0.2, -0.15) is 10.5 Å². The van der Waals surface area contributed by atoms with Crippen molar-refractivity contribution in [3.63, 3.8) is 0 Å². The Labute approximate surface area is 138 Å². The average molecular weight is 321 g/mol. The molecular weight excluding hydrogens is 306 g/mol. The van der Waals surface area contributed by atoms with Gasteiger partial charge in [-0.15, -0.1) is 10.2 Å². The van der Waals surface area contributed by atoms with Crippen molar-refractivity contribution in [2.75, 3.05) is 5.32 Å². The molecule has 0 aliphatic heterocycles. The van der Waals surface area contributed by atoms with E-state index in [2.05, 4.69) is 30.9 Å². The van der Waals surface area contributed by atoms with Crippen molar-refractivity contribution >= 4 is 11.3 Å². The molecule has 0 bridgehead atoms. The highest BCUT2D eigenvalue weighted by molar-refractivity contribution is 5.74. The third kappa shape index (κ3) is 3.15. The van der Waals surface area contributed by atoms with Crippen molar-refractivity contribution < 1.29 is 4.42 Å². The van der Waals surface area contributed by atoms with Crippen LogP contribution in [0.25, 0.3) is 17.0 Å². The van der Waals surface area contributed by atoms with Crippen LogP contribution in [0.2, 0.25) is 0 Å². The molecule has 2 aromatic heterocycles. The molecule has 8 heteroatoms. The number of aromatic amines is 1. The van der Waals surface area contributed by atoms with Crippen LogP contribution in [0.3, 0.4) is 0 Å². The van der Waals surface area contributed by atoms with E-state index in [1.165, 1.54) is 6.20 Å². The summed E-state index contributed by atoms with van der Waals surface area (Å²) < 4.78 is 5.71. The second kappa shape index (κ2) is 6.75. The molecule has 2 N–H and O–H groups in total. The molecule has 8 nitrogen and oxygen atoms in total. The quantitative estimate of drug-likeness (QED) is 0.694. The molecule has 24 heavy (non-hydrogen) atoms. The molecule has 0 amide bonds. The lowest BCUT2D eigenvalue weighted by atomic mass is 10.2. The molecule has 2 heterocycles. The van der Waals surface area contributed by atoms with Crippen molar-refractivity contribution in [1.82, 2.24) is 25.6 Å². The standard InChI is InChI=1S/C16H15N7O/c1-3-14-10(2)24-16(19-14)11-5-4-6-13(7-11)18-9-12(8-17)15-20-22-23-21-15/h4-7,9,18H,3H2,1-2H3,(H,20,21,22,23). The molecule has 0 fully saturated rings. The summed E-state index contributed by atoms with van der Waals surface area (Å²) in [5.74, 6) is 1.64. The van der Waals surface area contributed by atoms with E-state index in [-0.39, 0.29) is 11.4 Å². The molecule has 1 aromatic carbocycles. The molecule has 120 valence electrons. The first-order chi connectivity index (χ1) is 11.7. The summed E-state index contributed by atoms with van der Waals surface area (Å²) in [6.07, 6.45) is 2.36. The second-order valence-corrected chi connectivity index (χ2v) is 5.01. The monoisotopic (exact) mass is 321 g/mol. The number of hydrogen-bond acceptors (Lipinski definition) is 7. The molecule has 3 aromatic rings. The fraction of sp³-hybridized carbons (Fsp3) is 0.188. The highest BCUT2D eigenvalue weighted by atomic mass is 16.4. The van der Waals surface area contributed by atoms with Gasteiger partial charge in [0, 0.05) is 17.5 Å². The molecule has 0 atom stereocenters. The molecule has 0 saturated heterocycles. The summed E-state index contributed by atoms with van der Waals surface area (Å²) in [5, 5.41) is 25.5. The van der Waals surface area contributed by atoms with Crippen LogP contribution in [0, 0.1) is 18.3 Å². The number of rotatable bonds is 5. The Morgan fingerprint density at radius 3 is 3.00 bits per heavy atom. The molecular formula is C16H15N7O. The maximum absolute atomic E-state index is 9.16. The van der Waals surface area contributed by atoms with E-state index in [0.29, 0.717) is 5.89 Å². The summed E-state index contributed by atoms with van der Waals surface area (Å²) in [7, 11) is 0. The summed E-state index contributed by atoms with van der Waals surface area (Å²) in [4.78, 5) is 4.50. The van der Waals surface area contributed by atoms with E-state index in [1.807, 2.05) is 44.2 Å². The van der Waals surface area contributed by atoms with E-state index in [1.54, 1.807) is 0 Å². The topological polar surface area (TPSA) is 116 Å². The molecule has 0 aliphatic carbocycles. The van der Waals surface area contributed by atoms with E-state index in [0.717, 1.165) is 29.1 Å². The van der Waals surface area contributed by atoms with Crippen LogP contribution in [-0.2, 0) is 6.42 Å². The first kappa shape index (κ1) is 15.4. The van der Waals surface area contributed by atoms with Crippen molar-refractivity contribution in [3.8, 4) is 17.5 Å². The lowest BCUT2D eigenvalue weighted by Crippen LogP contribution is -1.93. The van der Waals surface area contributed by atoms with E-state index in [9.17, 15) is 0 Å². The number of anilines is 1. The van der Waals surface area contributed by atoms with Gasteiger partial charge in [0.1, 0.15) is 17.4 Å². The maximum Gasteiger partial charge on any atom is 0.226 e. The fourth-order valence-corrected chi connectivity index (χ4v) is 2.20. The number of allylic oxidation sites excluding steroid dienone is 1. The second-order valence-electron chi connectivity index (χ2n) is 5.01. The fourth-order valence-electron chi connectivity index (χ4n) is 2.20. The molecule has 0 unspecified atom stereocenters. The number of tetrazole rings is 1. The zero-order valence-corrected chi connectivity index (χ0v) is 13.2. The Hall–Kier alpha value is -3.47. The van der Waals surface area contributed by atoms with Gasteiger partial charge in [-0.25, -0.2) is 4.98 Å². The van der Waals surface area contributed by atoms with Gasteiger partial charge in [0.15, 0.2) is 0 Å². The van der Waals surface area contributed by atoms with Crippen LogP contribution in [0.5, 0.6) is 0 Å². The minimum atomic E-state index is 0.233. The van der Waals surface area contributed by atoms with Crippen LogP contribution in [-0.4, -0.2) is 25.6 Å². The SMILES string of the molecule is CCc1nc(-c2cccc(NC=C(C#N)c3nn[nH]n3)c2)oc1C. The molecule has 3 rings (SSSR count). The largest absolute Gasteiger partial charge is 0.441 e. The molecule has 0 radical (unpaired) electrons. The van der Waals surface area contributed by atoms with Crippen molar-refractivity contribution in [3.05, 3.63) is 47.7 Å². The Morgan fingerprint density at radius 2 is 2.33 bits per heavy atom. The highest BCUT2D eigenvalue weighted by Gasteiger charge is 2.10. The van der Waals surface area contributed by atoms with Gasteiger partial charge in [-0.1, -0.05) is 13.0 Å². The normalized spacial score (nSPS) is 11.3. The number of aromatic nitrogens is 5. The summed E-state index contributed by atoms with van der Waals surface area (Å²) in [6, 6.07) is 9.60. The predicted molar refractivity (Wildman–Crippen MR) is 87.4 cm³/mol. The van der Waals surface area contributed by atoms with Crippen molar-refractivity contribution in [2.45, 2.75) is 20.3 Å². The van der Waals surface area contributed by atoms with E-state index < -0.39 is 0 Å². The Kier molecular flexibility index (Phi) is 4.34. The lowest BCUT2D eigenvalue weighted by molar-refractivity contribution is 0.540. The predicted octanol–water partition coefficient (Wildman–Crippen LogP) is 2.70. The first-order valence-electron chi connectivity index (χ1n) is 7.38. The number of nitriles is 1. The molecule has 0 spiro atoms. The van der Waals surface area contributed by atoms with E-state index in [4.69, 9.17) is 9.68 Å². The molecule has 0 aliphatic rings. The van der Waals surface area contributed by atoms with Gasteiger partial charge in [0.05, 0.1) is 5.69 Å². The van der Waals surface area contributed by atoms with Crippen LogP contribution >= 0.6 is 0 Å². The minimum absolute atomic E-state index is 0.233. The molecule has 0 saturated carbocycles. The van der Waals surface area contributed by atoms with Gasteiger partial charge < -0.3 is 9.73 Å². The van der Waals surface area contributed by atoms with Gasteiger partial charge in [0.2, 0.25) is 11.7 Å². The van der Waals surface area contributed by atoms with Gasteiger partial charge in [-0.05, 0) is 36.8 Å². The summed E-state index contributed by atoms with van der Waals surface area (Å²) in [6.45, 7) is 3.95. The Morgan fingerprint density at radius 1 is 1.46 bits per heavy atom. The van der Waals surface area contributed by atoms with Crippen LogP contribution < -0.4 is 5.32 Å². The number of oxazole rings is 1. The Bertz CT molecular complexity index is 903. The first-order valence-corrected chi connectivity index (χ1v) is 7.38. The van der Waals surface area contributed by atoms with Gasteiger partial charge in [0.25, 0.3) is 0 Å². The van der Waals surface area contributed by atoms with Crippen LogP contribution in [0.1, 0.15) is 24.2 Å². The average Bonchev–Trinajstić information content (AvgIpc) is 3.25. The summed E-state index contributed by atoms with van der Waals surface area (Å²) in [5.41, 5.74) is 2.87. The summed E-state index contributed by atoms with van der Waals surface area (Å²) >= 11 is 0. The number of aryl methyl sites for hydroxylation is 2. The number of hydrogen-bond donors (Lipinski definition) is 2. The zero-order chi connectivity index (χ0) is 16.9. The number of nitrogens with one attached hydrogen (secondary N) is 2. The third-order valence-corrected chi connectivity index (χ3v) is 3.43. The minimum Gasteiger partial charge on any atom is -0.441 e. The van der Waals surface area contributed by atoms with Crippen molar-refractivity contribution in [1.29, 1.82) is 5.26 Å². The maximum atomic E-state index is 9.16. The number of benzene rings is 1. The van der Waals surface area contributed by atoms with Crippen LogP contribution in [0.4, 0.5) is 5.69 Å². The van der Waals surface area contributed by atoms with Gasteiger partial charge >= 0.3 is 0 Å². The Balaban J connectivity index is 1.84. The van der Waals surface area contributed by atoms with Gasteiger partial charge in [-0.3, -0.25) is 0 Å². The lowest BCUT2D eigenvalue weighted by Gasteiger charge is -2.03.